The van der Waals surface area contributed by atoms with Crippen LogP contribution in [0.15, 0.2) is 270 Å². The zero-order valence-electron chi connectivity index (χ0n) is 83.8. The molecule has 11 aromatic carbocycles. The summed E-state index contributed by atoms with van der Waals surface area (Å²) >= 11 is 10.5. The molecule has 147 heavy (non-hydrogen) atoms. The van der Waals surface area contributed by atoms with E-state index in [1.807, 2.05) is 146 Å². The van der Waals surface area contributed by atoms with Crippen molar-refractivity contribution in [1.29, 1.82) is 0 Å². The van der Waals surface area contributed by atoms with Gasteiger partial charge in [-0.2, -0.15) is 0 Å². The molecule has 0 unspecified atom stereocenters. The van der Waals surface area contributed by atoms with Gasteiger partial charge in [0.1, 0.15) is 0 Å². The van der Waals surface area contributed by atoms with Crippen molar-refractivity contribution in [1.82, 2.24) is 13.7 Å². The van der Waals surface area contributed by atoms with Gasteiger partial charge in [-0.25, -0.2) is 0 Å². The van der Waals surface area contributed by atoms with E-state index in [4.69, 9.17) is 51.5 Å². The number of carbonyl (C=O) groups excluding carboxylic acids is 8. The quantitative estimate of drug-likeness (QED) is 0.00347. The van der Waals surface area contributed by atoms with Crippen LogP contribution in [0.2, 0.25) is 0 Å². The molecule has 4 saturated carbocycles. The summed E-state index contributed by atoms with van der Waals surface area (Å²) in [6.07, 6.45) is 21.9. The summed E-state index contributed by atoms with van der Waals surface area (Å²) in [7, 11) is -1.40. The number of carboxylic acids is 1. The summed E-state index contributed by atoms with van der Waals surface area (Å²) in [5, 5.41) is 51.5. The number of aromatic nitrogens is 3. The smallest absolute Gasteiger partial charge is 1.00 e. The molecule has 4 fully saturated rings. The summed E-state index contributed by atoms with van der Waals surface area (Å²) < 4.78 is 23.6. The number of rotatable bonds is 33. The summed E-state index contributed by atoms with van der Waals surface area (Å²) in [5.41, 5.74) is 37.3. The van der Waals surface area contributed by atoms with Gasteiger partial charge in [0.05, 0.1) is 45.5 Å². The molecule has 5 aliphatic carbocycles. The third kappa shape index (κ3) is 35.2. The molecule has 4 amide bonds. The van der Waals surface area contributed by atoms with Crippen LogP contribution in [0.4, 0.5) is 22.7 Å². The molecule has 3 aromatic heterocycles. The Hall–Kier alpha value is -10.2. The normalized spacial score (nSPS) is 12.6. The number of ether oxygens (including phenoxy) is 3. The van der Waals surface area contributed by atoms with Crippen molar-refractivity contribution in [2.45, 2.75) is 144 Å². The van der Waals surface area contributed by atoms with Gasteiger partial charge in [-0.1, -0.05) is 193 Å². The number of allylic oxidation sites excluding steroid dienone is 1. The molecule has 0 spiro atoms. The van der Waals surface area contributed by atoms with Crippen molar-refractivity contribution in [3.8, 4) is 22.3 Å². The maximum atomic E-state index is 13.5. The number of para-hydroxylation sites is 4. The molecule has 0 radical (unpaired) electrons. The fraction of sp³-hybridized carbons (Fsp3) is 0.265. The van der Waals surface area contributed by atoms with Crippen LogP contribution < -0.4 is 152 Å². The van der Waals surface area contributed by atoms with E-state index in [0.29, 0.717) is 107 Å². The molecule has 5 aliphatic rings. The van der Waals surface area contributed by atoms with Crippen molar-refractivity contribution < 1.29 is 187 Å². The first-order chi connectivity index (χ1) is 69.8. The minimum absolute atomic E-state index is 0. The molecule has 34 heteroatoms. The third-order valence-electron chi connectivity index (χ3n) is 24.7. The second-order valence-corrected chi connectivity index (χ2v) is 37.9. The fourth-order valence-corrected chi connectivity index (χ4v) is 18.4. The van der Waals surface area contributed by atoms with Gasteiger partial charge in [-0.3, -0.25) is 43.2 Å². The predicted molar refractivity (Wildman–Crippen MR) is 581 cm³/mol. The number of fused-ring (bicyclic) bond motifs is 4. The Morgan fingerprint density at radius 1 is 0.435 bits per heavy atom. The van der Waals surface area contributed by atoms with Crippen molar-refractivity contribution in [3.63, 3.8) is 0 Å². The minimum atomic E-state index is -1.40. The molecule has 0 bridgehead atoms. The van der Waals surface area contributed by atoms with Crippen LogP contribution in [0.25, 0.3) is 61.0 Å². The van der Waals surface area contributed by atoms with Crippen molar-refractivity contribution in [3.05, 3.63) is 343 Å². The van der Waals surface area contributed by atoms with Crippen LogP contribution in [-0.2, 0) is 114 Å². The first-order valence-corrected chi connectivity index (χ1v) is 50.8. The number of hydrogen-bond acceptors (Lipinski definition) is 19. The van der Waals surface area contributed by atoms with E-state index in [1.54, 1.807) is 75.4 Å². The predicted octanol–water partition coefficient (Wildman–Crippen LogP) is 13.7. The Morgan fingerprint density at radius 2 is 0.769 bits per heavy atom. The minimum Gasteiger partial charge on any atom is -1.00 e. The van der Waals surface area contributed by atoms with Crippen LogP contribution in [-0.4, -0.2) is 115 Å². The summed E-state index contributed by atoms with van der Waals surface area (Å²) in [6.45, 7) is 10.3. The number of halogens is 4. The molecule has 3 heterocycles. The van der Waals surface area contributed by atoms with E-state index in [1.165, 1.54) is 56.7 Å². The van der Waals surface area contributed by atoms with E-state index < -0.39 is 13.1 Å². The Kier molecular flexibility index (Phi) is 48.0. The van der Waals surface area contributed by atoms with Gasteiger partial charge in [0.25, 0.3) is 30.1 Å². The fourth-order valence-electron chi connectivity index (χ4n) is 16.5. The average molecular weight is 2250 g/mol. The van der Waals surface area contributed by atoms with Crippen LogP contribution in [0.1, 0.15) is 165 Å². The van der Waals surface area contributed by atoms with Crippen molar-refractivity contribution >= 4 is 188 Å². The van der Waals surface area contributed by atoms with Crippen LogP contribution in [0.5, 0.6) is 0 Å². The number of carboxylic acid groups (broad SMARTS) is 1. The SMILES string of the molecule is BrCC1CC1.CCOC(=O)Cc1ccccc1NC(=O)c1cc(-c2cccc(CN)c2)c2ccn(CC3CC3)c2c1.CCOC(=O)Cc1ccccc1NC(=O)c1cc(Br)c2c(c1)CC=C2.CCOC(=O)Cc1ccccc1NC(=O)c1cc(Br)c2ccn(CC3CC3)c2c1.Cl.NCc1cccc(-c2cc(C(=O)Nc3ccccc3CC(=O)O)cc3c2ccn3CC2CC2)c1.NCc1cccc(B(O)O)c1.O=CO[O-].[H-].[K+].[K+]. The molecular formula is C113H119BBr3ClK2N10O17. The van der Waals surface area contributed by atoms with Gasteiger partial charge >= 0.3 is 134 Å². The van der Waals surface area contributed by atoms with Gasteiger partial charge in [0.2, 0.25) is 0 Å². The van der Waals surface area contributed by atoms with Crippen LogP contribution in [0, 0.1) is 23.7 Å². The van der Waals surface area contributed by atoms with Crippen molar-refractivity contribution in [2.24, 2.45) is 40.9 Å². The number of aliphatic carboxylic acids is 1. The number of nitrogens with two attached hydrogens (primary N) is 3. The number of anilines is 4. The van der Waals surface area contributed by atoms with E-state index in [-0.39, 0.29) is 190 Å². The average Bonchev–Trinajstić information content (AvgIpc) is 1.49. The van der Waals surface area contributed by atoms with Gasteiger partial charge in [-0.15, -0.1) is 12.4 Å². The van der Waals surface area contributed by atoms with Crippen LogP contribution in [0.3, 0.4) is 0 Å². The number of carbonyl (C=O) groups is 9. The second-order valence-electron chi connectivity index (χ2n) is 35.6. The van der Waals surface area contributed by atoms with Gasteiger partial charge in [0.15, 0.2) is 0 Å². The first-order valence-electron chi connectivity index (χ1n) is 48.1. The molecule has 0 atom stereocenters. The van der Waals surface area contributed by atoms with E-state index >= 15 is 0 Å². The van der Waals surface area contributed by atoms with E-state index in [2.05, 4.69) is 155 Å². The maximum Gasteiger partial charge on any atom is 1.00 e. The molecule has 0 aliphatic heterocycles. The molecule has 756 valence electrons. The number of benzene rings is 11. The molecule has 0 saturated heterocycles. The Balaban J connectivity index is 0.000000205. The number of amides is 4. The number of nitrogens with one attached hydrogen (secondary N) is 4. The number of nitrogens with zero attached hydrogens (tertiary/aromatic N) is 3. The Morgan fingerprint density at radius 3 is 1.11 bits per heavy atom. The first kappa shape index (κ1) is 119. The standard InChI is InChI=1S/C30H31N3O3.C28H27N3O3.C23H23BrN2O3.C20H18BrNO3.C7H10BNO2.C4H7Br.CH2O3.ClH.2K.H/c1-2-36-29(34)17-23-7-3-4-9-27(23)32-30(35)24-15-26(22-8-5-6-21(14-22)18-31)25-12-13-33(28(25)16-24)19-20-10-11-20;29-16-19-4-3-6-20(12-19)24-13-22(14-26-23(24)10-11-31(26)17-18-8-9-18)28(34)30-25-7-2-1-5-21(25)15-27(32)33;1-2-29-22(27)13-16-5-3-4-6-20(16)25-23(28)17-11-19(24)18-9-10-26(21(18)12-17)14-15-7-8-15;1-2-25-19(23)12-14-6-3-4-9-18(14)22-20(24)15-10-13-7-5-8-16(13)17(21)11-15;9-5-6-2-1-3-7(4-6)8(10)11;5-3-4-1-2-4;2-1-4-3;;;;/h3-9,12-16,20H,2,10-11,17-19,31H2,1H3,(H,32,35);1-7,10-14,18H,8-9,15-17,29H2,(H,30,34)(H,32,33);3-6,9-12,15H,2,7-8,13-14H2,1H3,(H,25,28);3-6,8-11H,2,7,12H2,1H3,(H,22,24);1-4,10-11H,5,9H2;4H,1-3H2;1,3H;1H;;;/q;;;;;;;;2*+1;-1/p-1. The van der Waals surface area contributed by atoms with Gasteiger partial charge in [-0.05, 0) is 283 Å². The maximum absolute atomic E-state index is 13.5. The second kappa shape index (κ2) is 59.4. The summed E-state index contributed by atoms with van der Waals surface area (Å²) in [4.78, 5) is 111. The molecule has 13 N–H and O–H groups in total. The number of hydrogen-bond donors (Lipinski definition) is 10. The molecular weight excluding hydrogens is 2130 g/mol. The largest absolute Gasteiger partial charge is 1.00 e. The third-order valence-corrected chi connectivity index (χ3v) is 26.9. The number of alkyl halides is 1. The molecule has 19 rings (SSSR count). The summed E-state index contributed by atoms with van der Waals surface area (Å²) in [6, 6.07) is 73.7. The van der Waals surface area contributed by atoms with Gasteiger partial charge in [0, 0.05) is 150 Å². The van der Waals surface area contributed by atoms with Crippen LogP contribution >= 0.6 is 60.2 Å². The Labute approximate surface area is 973 Å². The van der Waals surface area contributed by atoms with Gasteiger partial charge < -0.3 is 93.1 Å². The van der Waals surface area contributed by atoms with E-state index in [9.17, 15) is 43.5 Å². The van der Waals surface area contributed by atoms with Crippen molar-refractivity contribution in [2.75, 3.05) is 46.4 Å². The zero-order valence-corrected chi connectivity index (χ0v) is 94.6. The monoisotopic (exact) mass is 2250 g/mol. The topological polar surface area (TPSA) is 415 Å². The number of esters is 3. The van der Waals surface area contributed by atoms with E-state index in [0.717, 1.165) is 146 Å². The molecule has 27 nitrogen and oxygen atoms in total. The Bertz CT molecular complexity index is 6970. The summed E-state index contributed by atoms with van der Waals surface area (Å²) in [5.74, 6) is 0.424. The molecule has 14 aromatic rings. The zero-order chi connectivity index (χ0) is 102.